The van der Waals surface area contributed by atoms with Crippen LogP contribution in [0.25, 0.3) is 0 Å². The number of aliphatic hydroxyl groups excluding tert-OH is 1. The summed E-state index contributed by atoms with van der Waals surface area (Å²) in [6.07, 6.45) is 5.24. The van der Waals surface area contributed by atoms with E-state index in [4.69, 9.17) is 16.3 Å². The summed E-state index contributed by atoms with van der Waals surface area (Å²) < 4.78 is 31.2. The minimum Gasteiger partial charge on any atom is -0.487 e. The van der Waals surface area contributed by atoms with Crippen LogP contribution in [-0.2, 0) is 6.61 Å². The van der Waals surface area contributed by atoms with Crippen LogP contribution in [0.4, 0.5) is 8.78 Å². The fourth-order valence-electron chi connectivity index (χ4n) is 1.05. The van der Waals surface area contributed by atoms with Crippen LogP contribution in [0.5, 0.6) is 5.75 Å². The van der Waals surface area contributed by atoms with Gasteiger partial charge in [0.1, 0.15) is 0 Å². The molecule has 0 unspecified atom stereocenters. The molecule has 1 rings (SSSR count). The van der Waals surface area contributed by atoms with Crippen molar-refractivity contribution >= 4 is 0 Å². The van der Waals surface area contributed by atoms with Crippen molar-refractivity contribution in [2.75, 3.05) is 6.61 Å². The van der Waals surface area contributed by atoms with Crippen molar-refractivity contribution in [1.82, 2.24) is 0 Å². The summed E-state index contributed by atoms with van der Waals surface area (Å²) in [5.41, 5.74) is 0.161. The Morgan fingerprint density at radius 3 is 2.40 bits per heavy atom. The molecule has 0 radical (unpaired) electrons. The molecule has 0 heterocycles. The highest BCUT2D eigenvalue weighted by Gasteiger charge is 2.11. The normalized spacial score (nSPS) is 9.73. The average Bonchev–Trinajstić information content (AvgIpc) is 2.22. The first-order valence-electron chi connectivity index (χ1n) is 4.34. The Bertz CT molecular complexity index is 360. The van der Waals surface area contributed by atoms with E-state index in [1.54, 1.807) is 0 Å². The second kappa shape index (κ2) is 5.32. The van der Waals surface area contributed by atoms with Gasteiger partial charge in [-0.05, 0) is 17.7 Å². The van der Waals surface area contributed by atoms with Crippen LogP contribution in [0, 0.1) is 24.0 Å². The summed E-state index contributed by atoms with van der Waals surface area (Å²) in [5.74, 6) is 0.160. The van der Waals surface area contributed by atoms with Gasteiger partial charge >= 0.3 is 0 Å². The number of hydrogen-bond donors (Lipinski definition) is 1. The highest BCUT2D eigenvalue weighted by molar-refractivity contribution is 5.31. The molecule has 0 spiro atoms. The minimum absolute atomic E-state index is 0.0583. The first-order valence-corrected chi connectivity index (χ1v) is 4.34. The summed E-state index contributed by atoms with van der Waals surface area (Å²) >= 11 is 0. The van der Waals surface area contributed by atoms with Gasteiger partial charge in [-0.3, -0.25) is 0 Å². The average molecular weight is 212 g/mol. The Labute approximate surface area is 86.5 Å². The highest BCUT2D eigenvalue weighted by atomic mass is 19.1. The number of terminal acetylenes is 1. The van der Waals surface area contributed by atoms with Crippen molar-refractivity contribution in [3.8, 4) is 18.1 Å². The van der Waals surface area contributed by atoms with Crippen molar-refractivity contribution < 1.29 is 18.6 Å². The Morgan fingerprint density at radius 1 is 1.33 bits per heavy atom. The molecular formula is C11H10F2O2. The molecule has 80 valence electrons. The number of halogens is 2. The molecule has 1 aromatic carbocycles. The van der Waals surface area contributed by atoms with Crippen LogP contribution in [0.1, 0.15) is 12.0 Å². The zero-order valence-corrected chi connectivity index (χ0v) is 7.96. The van der Waals surface area contributed by atoms with Crippen LogP contribution in [-0.4, -0.2) is 11.7 Å². The van der Waals surface area contributed by atoms with E-state index >= 15 is 0 Å². The SMILES string of the molecule is C#CCCOc1c(F)cc(CO)cc1F. The monoisotopic (exact) mass is 212 g/mol. The zero-order chi connectivity index (χ0) is 11.3. The van der Waals surface area contributed by atoms with E-state index in [0.717, 1.165) is 12.1 Å². The molecule has 0 bridgehead atoms. The molecule has 4 heteroatoms. The van der Waals surface area contributed by atoms with Crippen molar-refractivity contribution in [2.24, 2.45) is 0 Å². The predicted molar refractivity (Wildman–Crippen MR) is 51.2 cm³/mol. The lowest BCUT2D eigenvalue weighted by atomic mass is 10.2. The van der Waals surface area contributed by atoms with E-state index < -0.39 is 24.0 Å². The third kappa shape index (κ3) is 2.93. The fraction of sp³-hybridized carbons (Fsp3) is 0.273. The van der Waals surface area contributed by atoms with Crippen molar-refractivity contribution in [3.63, 3.8) is 0 Å². The van der Waals surface area contributed by atoms with E-state index in [1.807, 2.05) is 0 Å². The maximum Gasteiger partial charge on any atom is 0.190 e. The smallest absolute Gasteiger partial charge is 0.190 e. The molecule has 2 nitrogen and oxygen atoms in total. The molecule has 0 aromatic heterocycles. The predicted octanol–water partition coefficient (Wildman–Crippen LogP) is 1.86. The van der Waals surface area contributed by atoms with E-state index in [9.17, 15) is 8.78 Å². The van der Waals surface area contributed by atoms with Crippen molar-refractivity contribution in [1.29, 1.82) is 0 Å². The summed E-state index contributed by atoms with van der Waals surface area (Å²) in [7, 11) is 0. The standard InChI is InChI=1S/C11H10F2O2/c1-2-3-4-15-11-9(12)5-8(7-14)6-10(11)13/h1,5-6,14H,3-4,7H2. The van der Waals surface area contributed by atoms with Crippen LogP contribution in [0.15, 0.2) is 12.1 Å². The third-order valence-electron chi connectivity index (χ3n) is 1.73. The van der Waals surface area contributed by atoms with Crippen LogP contribution in [0.2, 0.25) is 0 Å². The van der Waals surface area contributed by atoms with E-state index in [1.165, 1.54) is 0 Å². The van der Waals surface area contributed by atoms with Gasteiger partial charge in [-0.25, -0.2) is 8.78 Å². The highest BCUT2D eigenvalue weighted by Crippen LogP contribution is 2.23. The molecule has 0 amide bonds. The molecule has 0 aliphatic rings. The van der Waals surface area contributed by atoms with Gasteiger partial charge in [0, 0.05) is 6.42 Å². The first-order chi connectivity index (χ1) is 7.19. The summed E-state index contributed by atoms with van der Waals surface area (Å²) in [6.45, 7) is -0.360. The number of benzene rings is 1. The van der Waals surface area contributed by atoms with Gasteiger partial charge in [-0.15, -0.1) is 12.3 Å². The molecule has 0 aliphatic carbocycles. The zero-order valence-electron chi connectivity index (χ0n) is 7.96. The summed E-state index contributed by atoms with van der Waals surface area (Å²) in [5, 5.41) is 8.69. The fourth-order valence-corrected chi connectivity index (χ4v) is 1.05. The van der Waals surface area contributed by atoms with Crippen molar-refractivity contribution in [3.05, 3.63) is 29.3 Å². The van der Waals surface area contributed by atoms with Gasteiger partial charge in [0.25, 0.3) is 0 Å². The van der Waals surface area contributed by atoms with Crippen LogP contribution in [0.3, 0.4) is 0 Å². The van der Waals surface area contributed by atoms with Gasteiger partial charge < -0.3 is 9.84 Å². The third-order valence-corrected chi connectivity index (χ3v) is 1.73. The molecular weight excluding hydrogens is 202 g/mol. The maximum atomic E-state index is 13.2. The summed E-state index contributed by atoms with van der Waals surface area (Å²) in [6, 6.07) is 2.04. The molecule has 0 aliphatic heterocycles. The topological polar surface area (TPSA) is 29.5 Å². The van der Waals surface area contributed by atoms with E-state index in [-0.39, 0.29) is 18.6 Å². The lowest BCUT2D eigenvalue weighted by molar-refractivity contribution is 0.274. The number of hydrogen-bond acceptors (Lipinski definition) is 2. The number of ether oxygens (including phenoxy) is 1. The van der Waals surface area contributed by atoms with Crippen LogP contribution < -0.4 is 4.74 Å². The Morgan fingerprint density at radius 2 is 1.93 bits per heavy atom. The van der Waals surface area contributed by atoms with Gasteiger partial charge in [0.2, 0.25) is 0 Å². The molecule has 0 atom stereocenters. The van der Waals surface area contributed by atoms with Crippen molar-refractivity contribution in [2.45, 2.75) is 13.0 Å². The van der Waals surface area contributed by atoms with E-state index in [0.29, 0.717) is 0 Å². The maximum absolute atomic E-state index is 13.2. The summed E-state index contributed by atoms with van der Waals surface area (Å²) in [4.78, 5) is 0. The molecule has 0 fully saturated rings. The largest absolute Gasteiger partial charge is 0.487 e. The Kier molecular flexibility index (Phi) is 4.07. The lowest BCUT2D eigenvalue weighted by Gasteiger charge is -2.07. The van der Waals surface area contributed by atoms with Gasteiger partial charge in [-0.2, -0.15) is 0 Å². The molecule has 0 saturated carbocycles. The molecule has 1 N–H and O–H groups in total. The number of rotatable bonds is 4. The van der Waals surface area contributed by atoms with Gasteiger partial charge in [0.15, 0.2) is 17.4 Å². The second-order valence-corrected chi connectivity index (χ2v) is 2.85. The Balaban J connectivity index is 2.84. The quantitative estimate of drug-likeness (QED) is 0.609. The van der Waals surface area contributed by atoms with Crippen LogP contribution >= 0.6 is 0 Å². The minimum atomic E-state index is -0.837. The Hall–Kier alpha value is -1.60. The molecule has 15 heavy (non-hydrogen) atoms. The first kappa shape index (κ1) is 11.5. The van der Waals surface area contributed by atoms with E-state index in [2.05, 4.69) is 5.92 Å². The second-order valence-electron chi connectivity index (χ2n) is 2.85. The molecule has 1 aromatic rings. The molecule has 0 saturated heterocycles. The lowest BCUT2D eigenvalue weighted by Crippen LogP contribution is -2.02. The number of aliphatic hydroxyl groups is 1. The van der Waals surface area contributed by atoms with Gasteiger partial charge in [-0.1, -0.05) is 0 Å². The van der Waals surface area contributed by atoms with Gasteiger partial charge in [0.05, 0.1) is 13.2 Å².